The molecule has 170 valence electrons. The van der Waals surface area contributed by atoms with Gasteiger partial charge >= 0.3 is 0 Å². The van der Waals surface area contributed by atoms with Crippen LogP contribution in [-0.2, 0) is 19.4 Å². The molecule has 0 aliphatic heterocycles. The zero-order chi connectivity index (χ0) is 23.2. The lowest BCUT2D eigenvalue weighted by atomic mass is 9.97. The Morgan fingerprint density at radius 2 is 2.00 bits per heavy atom. The molecule has 0 atom stereocenters. The van der Waals surface area contributed by atoms with Gasteiger partial charge in [0.2, 0.25) is 0 Å². The van der Waals surface area contributed by atoms with Crippen molar-refractivity contribution in [2.24, 2.45) is 5.10 Å². The van der Waals surface area contributed by atoms with E-state index >= 15 is 0 Å². The SMILES string of the molecule is O=c1c2c3c(sc2ncn1/N=C/c1cn(Cc2c(F)cccc2Cl)c2ccccc12)CCCC3. The van der Waals surface area contributed by atoms with Gasteiger partial charge in [-0.2, -0.15) is 9.78 Å². The van der Waals surface area contributed by atoms with E-state index in [0.29, 0.717) is 16.0 Å². The number of aryl methyl sites for hydroxylation is 2. The third kappa shape index (κ3) is 3.56. The highest BCUT2D eigenvalue weighted by Gasteiger charge is 2.20. The number of fused-ring (bicyclic) bond motifs is 4. The van der Waals surface area contributed by atoms with E-state index in [0.717, 1.165) is 52.5 Å². The summed E-state index contributed by atoms with van der Waals surface area (Å²) in [5, 5.41) is 6.51. The number of thiophene rings is 1. The Balaban J connectivity index is 1.41. The van der Waals surface area contributed by atoms with E-state index in [-0.39, 0.29) is 17.9 Å². The second kappa shape index (κ2) is 8.49. The van der Waals surface area contributed by atoms with Crippen molar-refractivity contribution in [3.8, 4) is 0 Å². The molecule has 0 saturated heterocycles. The van der Waals surface area contributed by atoms with Crippen LogP contribution in [0.5, 0.6) is 0 Å². The molecule has 0 bridgehead atoms. The minimum Gasteiger partial charge on any atom is -0.342 e. The van der Waals surface area contributed by atoms with Crippen LogP contribution in [0.2, 0.25) is 5.02 Å². The monoisotopic (exact) mass is 490 g/mol. The molecular weight excluding hydrogens is 471 g/mol. The Morgan fingerprint density at radius 1 is 1.15 bits per heavy atom. The Bertz CT molecular complexity index is 1630. The molecule has 0 radical (unpaired) electrons. The maximum Gasteiger partial charge on any atom is 0.282 e. The number of para-hydroxylation sites is 1. The average Bonchev–Trinajstić information content (AvgIpc) is 3.40. The van der Waals surface area contributed by atoms with E-state index in [2.05, 4.69) is 10.1 Å². The van der Waals surface area contributed by atoms with Gasteiger partial charge in [-0.3, -0.25) is 4.79 Å². The van der Waals surface area contributed by atoms with Gasteiger partial charge in [0.1, 0.15) is 17.0 Å². The van der Waals surface area contributed by atoms with Gasteiger partial charge in [-0.25, -0.2) is 9.37 Å². The van der Waals surface area contributed by atoms with Gasteiger partial charge in [-0.1, -0.05) is 35.9 Å². The maximum absolute atomic E-state index is 14.4. The van der Waals surface area contributed by atoms with Crippen molar-refractivity contribution in [2.75, 3.05) is 0 Å². The van der Waals surface area contributed by atoms with Crippen LogP contribution in [0, 0.1) is 5.82 Å². The van der Waals surface area contributed by atoms with Gasteiger partial charge in [-0.05, 0) is 49.4 Å². The van der Waals surface area contributed by atoms with Gasteiger partial charge in [0.05, 0.1) is 18.1 Å². The molecule has 0 unspecified atom stereocenters. The van der Waals surface area contributed by atoms with Crippen LogP contribution in [0.25, 0.3) is 21.1 Å². The van der Waals surface area contributed by atoms with Crippen LogP contribution >= 0.6 is 22.9 Å². The fourth-order valence-corrected chi connectivity index (χ4v) is 6.15. The maximum atomic E-state index is 14.4. The largest absolute Gasteiger partial charge is 0.342 e. The minimum absolute atomic E-state index is 0.137. The van der Waals surface area contributed by atoms with Gasteiger partial charge in [-0.15, -0.1) is 11.3 Å². The summed E-state index contributed by atoms with van der Waals surface area (Å²) in [6.07, 6.45) is 9.25. The van der Waals surface area contributed by atoms with Crippen molar-refractivity contribution in [1.29, 1.82) is 0 Å². The van der Waals surface area contributed by atoms with Gasteiger partial charge in [0.15, 0.2) is 0 Å². The Kier molecular flexibility index (Phi) is 5.31. The number of halogens is 2. The molecule has 8 heteroatoms. The fourth-order valence-electron chi connectivity index (χ4n) is 4.71. The number of hydrogen-bond donors (Lipinski definition) is 0. The molecule has 0 saturated carbocycles. The summed E-state index contributed by atoms with van der Waals surface area (Å²) in [5.74, 6) is -0.342. The second-order valence-corrected chi connectivity index (χ2v) is 9.95. The molecule has 3 aromatic heterocycles. The number of benzene rings is 2. The average molecular weight is 491 g/mol. The molecule has 3 heterocycles. The molecule has 1 aliphatic carbocycles. The summed E-state index contributed by atoms with van der Waals surface area (Å²) in [6.45, 7) is 0.286. The lowest BCUT2D eigenvalue weighted by Crippen LogP contribution is -2.18. The molecular formula is C26H20ClFN4OS. The summed E-state index contributed by atoms with van der Waals surface area (Å²) in [4.78, 5) is 19.8. The van der Waals surface area contributed by atoms with Crippen molar-refractivity contribution in [2.45, 2.75) is 32.2 Å². The molecule has 2 aromatic carbocycles. The minimum atomic E-state index is -0.342. The van der Waals surface area contributed by atoms with Gasteiger partial charge in [0, 0.05) is 38.1 Å². The number of hydrogen-bond acceptors (Lipinski definition) is 4. The fraction of sp³-hybridized carbons (Fsp3) is 0.192. The first kappa shape index (κ1) is 21.3. The van der Waals surface area contributed by atoms with E-state index in [1.807, 2.05) is 35.0 Å². The smallest absolute Gasteiger partial charge is 0.282 e. The van der Waals surface area contributed by atoms with E-state index in [9.17, 15) is 9.18 Å². The normalized spacial score (nSPS) is 13.8. The number of aromatic nitrogens is 3. The highest BCUT2D eigenvalue weighted by Crippen LogP contribution is 2.33. The lowest BCUT2D eigenvalue weighted by Gasteiger charge is -2.09. The van der Waals surface area contributed by atoms with E-state index in [4.69, 9.17) is 11.6 Å². The van der Waals surface area contributed by atoms with Crippen LogP contribution in [0.15, 0.2) is 64.9 Å². The van der Waals surface area contributed by atoms with Crippen molar-refractivity contribution in [3.05, 3.63) is 97.7 Å². The van der Waals surface area contributed by atoms with Crippen LogP contribution in [0.3, 0.4) is 0 Å². The van der Waals surface area contributed by atoms with E-state index < -0.39 is 0 Å². The highest BCUT2D eigenvalue weighted by atomic mass is 35.5. The van der Waals surface area contributed by atoms with Gasteiger partial charge in [0.25, 0.3) is 5.56 Å². The van der Waals surface area contributed by atoms with Crippen LogP contribution in [0.4, 0.5) is 4.39 Å². The predicted octanol–water partition coefficient (Wildman–Crippen LogP) is 6.01. The Morgan fingerprint density at radius 3 is 2.88 bits per heavy atom. The van der Waals surface area contributed by atoms with Gasteiger partial charge < -0.3 is 4.57 Å². The van der Waals surface area contributed by atoms with E-state index in [1.165, 1.54) is 21.9 Å². The second-order valence-electron chi connectivity index (χ2n) is 8.46. The molecule has 0 fully saturated rings. The summed E-state index contributed by atoms with van der Waals surface area (Å²) in [6, 6.07) is 12.5. The Labute approximate surface area is 203 Å². The molecule has 0 amide bonds. The molecule has 5 nitrogen and oxygen atoms in total. The summed E-state index contributed by atoms with van der Waals surface area (Å²) >= 11 is 7.89. The molecule has 5 aromatic rings. The van der Waals surface area contributed by atoms with E-state index in [1.54, 1.807) is 29.7 Å². The van der Waals surface area contributed by atoms with Crippen molar-refractivity contribution in [3.63, 3.8) is 0 Å². The predicted molar refractivity (Wildman–Crippen MR) is 136 cm³/mol. The quantitative estimate of drug-likeness (QED) is 0.289. The summed E-state index contributed by atoms with van der Waals surface area (Å²) in [5.41, 5.74) is 3.19. The lowest BCUT2D eigenvalue weighted by molar-refractivity contribution is 0.602. The third-order valence-electron chi connectivity index (χ3n) is 6.39. The third-order valence-corrected chi connectivity index (χ3v) is 7.94. The highest BCUT2D eigenvalue weighted by molar-refractivity contribution is 7.18. The zero-order valence-corrected chi connectivity index (χ0v) is 19.7. The standard InChI is InChI=1S/C26H20ClFN4OS/c27-20-8-5-9-21(28)19(20)14-31-13-16(17-6-1-3-10-22(17)31)12-30-32-15-29-25-24(26(32)33)18-7-2-4-11-23(18)34-25/h1,3,5-6,8-10,12-13,15H,2,4,7,11,14H2/b30-12+. The van der Waals surface area contributed by atoms with Crippen LogP contribution in [-0.4, -0.2) is 20.4 Å². The summed E-state index contributed by atoms with van der Waals surface area (Å²) in [7, 11) is 0. The van der Waals surface area contributed by atoms with Crippen molar-refractivity contribution < 1.29 is 4.39 Å². The molecule has 34 heavy (non-hydrogen) atoms. The topological polar surface area (TPSA) is 52.2 Å². The number of nitrogens with zero attached hydrogens (tertiary/aromatic N) is 4. The molecule has 0 spiro atoms. The first-order valence-corrected chi connectivity index (χ1v) is 12.4. The van der Waals surface area contributed by atoms with Crippen molar-refractivity contribution in [1.82, 2.24) is 14.2 Å². The van der Waals surface area contributed by atoms with Crippen LogP contribution < -0.4 is 5.56 Å². The molecule has 6 rings (SSSR count). The first-order chi connectivity index (χ1) is 16.6. The summed E-state index contributed by atoms with van der Waals surface area (Å²) < 4.78 is 17.7. The Hall–Kier alpha value is -3.29. The molecule has 0 N–H and O–H groups in total. The number of rotatable bonds is 4. The zero-order valence-electron chi connectivity index (χ0n) is 18.2. The first-order valence-electron chi connectivity index (χ1n) is 11.2. The van der Waals surface area contributed by atoms with Crippen LogP contribution in [0.1, 0.15) is 34.4 Å². The van der Waals surface area contributed by atoms with Crippen molar-refractivity contribution >= 4 is 50.3 Å². The molecule has 1 aliphatic rings.